The second-order valence-electron chi connectivity index (χ2n) is 2.14. The summed E-state index contributed by atoms with van der Waals surface area (Å²) in [5.74, 6) is 0. The summed E-state index contributed by atoms with van der Waals surface area (Å²) in [5, 5.41) is 0. The van der Waals surface area contributed by atoms with E-state index in [0.29, 0.717) is 0 Å². The molecule has 0 spiro atoms. The van der Waals surface area contributed by atoms with E-state index in [1.165, 1.54) is 19.0 Å². The van der Waals surface area contributed by atoms with Gasteiger partial charge in [0.25, 0.3) is 0 Å². The first-order chi connectivity index (χ1) is 7.50. The quantitative estimate of drug-likeness (QED) is 0.477. The summed E-state index contributed by atoms with van der Waals surface area (Å²) in [6.45, 7) is 0. The Labute approximate surface area is 95.2 Å². The zero-order chi connectivity index (χ0) is 10.6. The largest absolute Gasteiger partial charge is 3.00 e. The Morgan fingerprint density at radius 2 is 0.875 bits per heavy atom. The summed E-state index contributed by atoms with van der Waals surface area (Å²) in [5.41, 5.74) is 0. The molecule has 0 radical (unpaired) electrons. The molecule has 3 aromatic heterocycles. The van der Waals surface area contributed by atoms with E-state index in [4.69, 9.17) is 0 Å². The van der Waals surface area contributed by atoms with Crippen LogP contribution in [0.5, 0.6) is 0 Å². The van der Waals surface area contributed by atoms with Crippen LogP contribution in [-0.2, 0) is 0 Å². The molecular formula is C9H9BN6. The van der Waals surface area contributed by atoms with Crippen molar-refractivity contribution in [2.75, 3.05) is 0 Å². The van der Waals surface area contributed by atoms with E-state index < -0.39 is 0 Å². The third-order valence-electron chi connectivity index (χ3n) is 1.12. The fourth-order valence-corrected chi connectivity index (χ4v) is 0.577. The number of rotatable bonds is 0. The van der Waals surface area contributed by atoms with Gasteiger partial charge in [0.2, 0.25) is 0 Å². The van der Waals surface area contributed by atoms with Crippen LogP contribution in [0.2, 0.25) is 0 Å². The molecule has 78 valence electrons. The summed E-state index contributed by atoms with van der Waals surface area (Å²) in [7, 11) is 0. The number of hydrogen-bond acceptors (Lipinski definition) is 3. The monoisotopic (exact) mass is 212 g/mol. The van der Waals surface area contributed by atoms with Crippen molar-refractivity contribution in [2.24, 2.45) is 0 Å². The summed E-state index contributed by atoms with van der Waals surface area (Å²) in [4.78, 5) is 21.7. The Bertz CT molecular complexity index is 252. The maximum absolute atomic E-state index is 3.61. The number of hydrogen-bond donors (Lipinski definition) is 0. The maximum Gasteiger partial charge on any atom is 3.00 e. The Morgan fingerprint density at radius 1 is 0.562 bits per heavy atom. The van der Waals surface area contributed by atoms with Crippen LogP contribution in [-0.4, -0.2) is 23.4 Å². The van der Waals surface area contributed by atoms with Crippen LogP contribution in [0.3, 0.4) is 0 Å². The maximum atomic E-state index is 3.61. The summed E-state index contributed by atoms with van der Waals surface area (Å²) in [6.07, 6.45) is 14.3. The molecule has 0 aliphatic carbocycles. The smallest absolute Gasteiger partial charge is 0.450 e. The second kappa shape index (κ2) is 10.8. The van der Waals surface area contributed by atoms with E-state index in [9.17, 15) is 0 Å². The van der Waals surface area contributed by atoms with Crippen LogP contribution < -0.4 is 15.0 Å². The molecule has 0 N–H and O–H groups in total. The van der Waals surface area contributed by atoms with Gasteiger partial charge in [0.1, 0.15) is 0 Å². The predicted octanol–water partition coefficient (Wildman–Crippen LogP) is -0.264. The molecule has 0 saturated carbocycles. The van der Waals surface area contributed by atoms with Crippen molar-refractivity contribution in [2.45, 2.75) is 0 Å². The zero-order valence-corrected chi connectivity index (χ0v) is 8.46. The van der Waals surface area contributed by atoms with Crippen molar-refractivity contribution in [1.82, 2.24) is 29.9 Å². The number of nitrogens with zero attached hydrogens (tertiary/aromatic N) is 6. The van der Waals surface area contributed by atoms with E-state index in [2.05, 4.69) is 29.9 Å². The van der Waals surface area contributed by atoms with Gasteiger partial charge in [-0.1, -0.05) is 56.2 Å². The Hall–Kier alpha value is -2.31. The minimum atomic E-state index is 0. The molecule has 0 aromatic carbocycles. The van der Waals surface area contributed by atoms with Gasteiger partial charge < -0.3 is 29.9 Å². The average molecular weight is 212 g/mol. The van der Waals surface area contributed by atoms with Crippen molar-refractivity contribution < 1.29 is 0 Å². The molecule has 16 heavy (non-hydrogen) atoms. The van der Waals surface area contributed by atoms with Crippen LogP contribution in [0, 0.1) is 0 Å². The average Bonchev–Trinajstić information content (AvgIpc) is 3.09. The van der Waals surface area contributed by atoms with Gasteiger partial charge >= 0.3 is 8.41 Å². The molecule has 3 heterocycles. The molecular weight excluding hydrogens is 203 g/mol. The molecule has 6 nitrogen and oxygen atoms in total. The fraction of sp³-hybridized carbons (Fsp3) is 0. The fourth-order valence-electron chi connectivity index (χ4n) is 0.577. The van der Waals surface area contributed by atoms with Crippen molar-refractivity contribution in [3.05, 3.63) is 56.2 Å². The molecule has 3 aromatic rings. The third-order valence-corrected chi connectivity index (χ3v) is 1.12. The van der Waals surface area contributed by atoms with Gasteiger partial charge in [0.05, 0.1) is 0 Å². The molecule has 7 heteroatoms. The van der Waals surface area contributed by atoms with Gasteiger partial charge in [-0.2, -0.15) is 0 Å². The first-order valence-electron chi connectivity index (χ1n) is 4.10. The van der Waals surface area contributed by atoms with E-state index in [1.807, 2.05) is 0 Å². The van der Waals surface area contributed by atoms with E-state index >= 15 is 0 Å². The van der Waals surface area contributed by atoms with Crippen molar-refractivity contribution in [3.8, 4) is 0 Å². The van der Waals surface area contributed by atoms with Gasteiger partial charge in [0.15, 0.2) is 0 Å². The van der Waals surface area contributed by atoms with E-state index in [-0.39, 0.29) is 8.41 Å². The zero-order valence-electron chi connectivity index (χ0n) is 8.46. The van der Waals surface area contributed by atoms with E-state index in [1.54, 1.807) is 37.2 Å². The number of imidazole rings is 3. The third kappa shape index (κ3) is 8.30. The molecule has 0 saturated heterocycles. The predicted molar refractivity (Wildman–Crippen MR) is 58.4 cm³/mol. The molecule has 3 rings (SSSR count). The molecule has 0 aliphatic rings. The standard InChI is InChI=1S/3C3H3N2.B/c3*1-2-5-3-4-1;/h3*1-3H;/q3*-1;+3. The minimum Gasteiger partial charge on any atom is -0.450 e. The SMILES string of the molecule is [B+3].c1c[n-]cn1.c1c[n-]cn1.c1c[n-]cn1. The molecule has 0 amide bonds. The van der Waals surface area contributed by atoms with Crippen LogP contribution in [0.4, 0.5) is 0 Å². The van der Waals surface area contributed by atoms with Gasteiger partial charge in [0, 0.05) is 0 Å². The second-order valence-corrected chi connectivity index (χ2v) is 2.14. The molecule has 0 atom stereocenters. The normalized spacial score (nSPS) is 7.50. The van der Waals surface area contributed by atoms with Gasteiger partial charge in [-0.15, -0.1) is 0 Å². The molecule has 0 aliphatic heterocycles. The van der Waals surface area contributed by atoms with Crippen molar-refractivity contribution >= 4 is 8.41 Å². The van der Waals surface area contributed by atoms with Crippen molar-refractivity contribution in [1.29, 1.82) is 0 Å². The summed E-state index contributed by atoms with van der Waals surface area (Å²) < 4.78 is 0. The van der Waals surface area contributed by atoms with Crippen molar-refractivity contribution in [3.63, 3.8) is 0 Å². The Balaban J connectivity index is 0.000000205. The topological polar surface area (TPSA) is 81.0 Å². The van der Waals surface area contributed by atoms with Crippen LogP contribution >= 0.6 is 0 Å². The molecule has 0 unspecified atom stereocenters. The van der Waals surface area contributed by atoms with Crippen LogP contribution in [0.15, 0.2) is 56.2 Å². The minimum absolute atomic E-state index is 0. The van der Waals surface area contributed by atoms with Gasteiger partial charge in [-0.3, -0.25) is 0 Å². The van der Waals surface area contributed by atoms with Gasteiger partial charge in [-0.25, -0.2) is 0 Å². The van der Waals surface area contributed by atoms with Crippen LogP contribution in [0.25, 0.3) is 0 Å². The molecule has 0 bridgehead atoms. The molecule has 0 fully saturated rings. The Morgan fingerprint density at radius 3 is 0.938 bits per heavy atom. The number of aromatic nitrogens is 6. The summed E-state index contributed by atoms with van der Waals surface area (Å²) >= 11 is 0. The van der Waals surface area contributed by atoms with Gasteiger partial charge in [-0.05, 0) is 0 Å². The first-order valence-corrected chi connectivity index (χ1v) is 4.10. The van der Waals surface area contributed by atoms with Crippen LogP contribution in [0.1, 0.15) is 0 Å². The first kappa shape index (κ1) is 13.7. The Kier molecular flexibility index (Phi) is 9.22. The summed E-state index contributed by atoms with van der Waals surface area (Å²) in [6, 6.07) is 0. The van der Waals surface area contributed by atoms with E-state index in [0.717, 1.165) is 0 Å².